The standard InChI is InChI=1S/C11H12ClNO4/c1-2-16-11(15)13-10(14)7-17-9-6-4-3-5-8(9)12/h3-6H,2,7H2,1H3,(H,13,14,15). The van der Waals surface area contributed by atoms with Gasteiger partial charge in [-0.3, -0.25) is 10.1 Å². The number of amides is 2. The average Bonchev–Trinajstić information content (AvgIpc) is 2.28. The topological polar surface area (TPSA) is 64.6 Å². The van der Waals surface area contributed by atoms with Crippen molar-refractivity contribution in [2.45, 2.75) is 6.92 Å². The number of ether oxygens (including phenoxy) is 2. The lowest BCUT2D eigenvalue weighted by molar-refractivity contribution is -0.122. The molecule has 0 radical (unpaired) electrons. The second-order valence-electron chi connectivity index (χ2n) is 2.99. The van der Waals surface area contributed by atoms with Crippen LogP contribution < -0.4 is 10.1 Å². The van der Waals surface area contributed by atoms with Gasteiger partial charge in [-0.2, -0.15) is 0 Å². The normalized spacial score (nSPS) is 9.53. The largest absolute Gasteiger partial charge is 0.482 e. The van der Waals surface area contributed by atoms with Crippen molar-refractivity contribution >= 4 is 23.6 Å². The molecule has 0 fully saturated rings. The Balaban J connectivity index is 2.38. The summed E-state index contributed by atoms with van der Waals surface area (Å²) in [4.78, 5) is 22.1. The van der Waals surface area contributed by atoms with E-state index in [-0.39, 0.29) is 13.2 Å². The number of alkyl carbamates (subject to hydrolysis) is 1. The van der Waals surface area contributed by atoms with Gasteiger partial charge >= 0.3 is 6.09 Å². The van der Waals surface area contributed by atoms with Crippen LogP contribution in [0, 0.1) is 0 Å². The van der Waals surface area contributed by atoms with Gasteiger partial charge in [0.2, 0.25) is 0 Å². The Kier molecular flexibility index (Phi) is 5.29. The van der Waals surface area contributed by atoms with Gasteiger partial charge in [-0.05, 0) is 19.1 Å². The van der Waals surface area contributed by atoms with Crippen molar-refractivity contribution in [2.75, 3.05) is 13.2 Å². The zero-order valence-electron chi connectivity index (χ0n) is 9.23. The van der Waals surface area contributed by atoms with Crippen molar-refractivity contribution in [1.82, 2.24) is 5.32 Å². The van der Waals surface area contributed by atoms with E-state index in [1.807, 2.05) is 5.32 Å². The lowest BCUT2D eigenvalue weighted by atomic mass is 10.3. The summed E-state index contributed by atoms with van der Waals surface area (Å²) in [5.74, 6) is -0.212. The summed E-state index contributed by atoms with van der Waals surface area (Å²) in [6, 6.07) is 6.73. The quantitative estimate of drug-likeness (QED) is 0.896. The Bertz CT molecular complexity index is 408. The van der Waals surface area contributed by atoms with Crippen molar-refractivity contribution < 1.29 is 19.1 Å². The molecule has 92 valence electrons. The molecular weight excluding hydrogens is 246 g/mol. The van der Waals surface area contributed by atoms with E-state index in [1.165, 1.54) is 0 Å². The van der Waals surface area contributed by atoms with Gasteiger partial charge in [0.05, 0.1) is 11.6 Å². The maximum Gasteiger partial charge on any atom is 0.413 e. The molecule has 17 heavy (non-hydrogen) atoms. The summed E-state index contributed by atoms with van der Waals surface area (Å²) in [5, 5.41) is 2.40. The summed E-state index contributed by atoms with van der Waals surface area (Å²) < 4.78 is 9.66. The van der Waals surface area contributed by atoms with E-state index in [9.17, 15) is 9.59 Å². The number of halogens is 1. The van der Waals surface area contributed by atoms with Gasteiger partial charge in [-0.1, -0.05) is 23.7 Å². The van der Waals surface area contributed by atoms with Crippen LogP contribution in [0.4, 0.5) is 4.79 Å². The number of benzene rings is 1. The molecule has 0 heterocycles. The fourth-order valence-corrected chi connectivity index (χ4v) is 1.21. The molecule has 0 saturated carbocycles. The average molecular weight is 258 g/mol. The molecule has 0 unspecified atom stereocenters. The molecule has 0 bridgehead atoms. The van der Waals surface area contributed by atoms with Crippen molar-refractivity contribution in [2.24, 2.45) is 0 Å². The van der Waals surface area contributed by atoms with E-state index >= 15 is 0 Å². The zero-order valence-corrected chi connectivity index (χ0v) is 9.99. The maximum atomic E-state index is 11.2. The van der Waals surface area contributed by atoms with Crippen molar-refractivity contribution in [3.8, 4) is 5.75 Å². The minimum Gasteiger partial charge on any atom is -0.482 e. The summed E-state index contributed by atoms with van der Waals surface area (Å²) in [6.07, 6.45) is -0.791. The molecule has 0 saturated heterocycles. The molecule has 0 aromatic heterocycles. The molecule has 5 nitrogen and oxygen atoms in total. The molecule has 2 amide bonds. The lowest BCUT2D eigenvalue weighted by Crippen LogP contribution is -2.34. The van der Waals surface area contributed by atoms with Gasteiger partial charge in [0.15, 0.2) is 6.61 Å². The SMILES string of the molecule is CCOC(=O)NC(=O)COc1ccccc1Cl. The number of rotatable bonds is 4. The number of carbonyl (C=O) groups is 2. The summed E-state index contributed by atoms with van der Waals surface area (Å²) in [5.41, 5.74) is 0. The van der Waals surface area contributed by atoms with Crippen LogP contribution in [0.15, 0.2) is 24.3 Å². The van der Waals surface area contributed by atoms with Crippen LogP contribution in [0.5, 0.6) is 5.75 Å². The molecule has 1 aromatic carbocycles. The van der Waals surface area contributed by atoms with Gasteiger partial charge < -0.3 is 9.47 Å². The van der Waals surface area contributed by atoms with Crippen LogP contribution in [-0.2, 0) is 9.53 Å². The third kappa shape index (κ3) is 4.74. The molecule has 0 spiro atoms. The first-order valence-corrected chi connectivity index (χ1v) is 5.35. The molecule has 6 heteroatoms. The van der Waals surface area contributed by atoms with E-state index in [1.54, 1.807) is 31.2 Å². The first-order chi connectivity index (χ1) is 8.13. The van der Waals surface area contributed by atoms with E-state index < -0.39 is 12.0 Å². The predicted octanol–water partition coefficient (Wildman–Crippen LogP) is 1.99. The Morgan fingerprint density at radius 3 is 2.71 bits per heavy atom. The zero-order chi connectivity index (χ0) is 12.7. The third-order valence-electron chi connectivity index (χ3n) is 1.71. The molecule has 0 aliphatic rings. The second-order valence-corrected chi connectivity index (χ2v) is 3.39. The number of hydrogen-bond donors (Lipinski definition) is 1. The van der Waals surface area contributed by atoms with Crippen LogP contribution >= 0.6 is 11.6 Å². The molecule has 0 aliphatic carbocycles. The van der Waals surface area contributed by atoms with E-state index in [0.29, 0.717) is 10.8 Å². The molecule has 0 aliphatic heterocycles. The number of carbonyl (C=O) groups excluding carboxylic acids is 2. The van der Waals surface area contributed by atoms with Gasteiger partial charge in [-0.25, -0.2) is 4.79 Å². The van der Waals surface area contributed by atoms with Crippen LogP contribution in [0.3, 0.4) is 0 Å². The van der Waals surface area contributed by atoms with Crippen LogP contribution in [0.1, 0.15) is 6.92 Å². The van der Waals surface area contributed by atoms with E-state index in [4.69, 9.17) is 16.3 Å². The van der Waals surface area contributed by atoms with Crippen LogP contribution in [0.25, 0.3) is 0 Å². The Morgan fingerprint density at radius 2 is 2.06 bits per heavy atom. The molecule has 1 N–H and O–H groups in total. The number of nitrogens with one attached hydrogen (secondary N) is 1. The second kappa shape index (κ2) is 6.75. The number of imide groups is 1. The number of para-hydroxylation sites is 1. The molecule has 1 aromatic rings. The van der Waals surface area contributed by atoms with Crippen molar-refractivity contribution in [1.29, 1.82) is 0 Å². The highest BCUT2D eigenvalue weighted by molar-refractivity contribution is 6.32. The first-order valence-electron chi connectivity index (χ1n) is 4.97. The third-order valence-corrected chi connectivity index (χ3v) is 2.02. The van der Waals surface area contributed by atoms with Gasteiger partial charge in [0.25, 0.3) is 5.91 Å². The summed E-state index contributed by atoms with van der Waals surface area (Å²) in [6.45, 7) is 1.54. The smallest absolute Gasteiger partial charge is 0.413 e. The van der Waals surface area contributed by atoms with Crippen LogP contribution in [-0.4, -0.2) is 25.2 Å². The van der Waals surface area contributed by atoms with Crippen LogP contribution in [0.2, 0.25) is 5.02 Å². The molecule has 0 atom stereocenters. The van der Waals surface area contributed by atoms with E-state index in [0.717, 1.165) is 0 Å². The van der Waals surface area contributed by atoms with Crippen molar-refractivity contribution in [3.63, 3.8) is 0 Å². The minimum absolute atomic E-state index is 0.199. The minimum atomic E-state index is -0.791. The monoisotopic (exact) mass is 257 g/mol. The van der Waals surface area contributed by atoms with Gasteiger partial charge in [0.1, 0.15) is 5.75 Å². The number of hydrogen-bond acceptors (Lipinski definition) is 4. The van der Waals surface area contributed by atoms with Gasteiger partial charge in [0, 0.05) is 0 Å². The highest BCUT2D eigenvalue weighted by Gasteiger charge is 2.09. The molecular formula is C11H12ClNO4. The first kappa shape index (κ1) is 13.3. The highest BCUT2D eigenvalue weighted by Crippen LogP contribution is 2.22. The predicted molar refractivity (Wildman–Crippen MR) is 62.1 cm³/mol. The van der Waals surface area contributed by atoms with E-state index in [2.05, 4.69) is 4.74 Å². The Labute approximate surface area is 104 Å². The maximum absolute atomic E-state index is 11.2. The lowest BCUT2D eigenvalue weighted by Gasteiger charge is -2.07. The fourth-order valence-electron chi connectivity index (χ4n) is 1.02. The highest BCUT2D eigenvalue weighted by atomic mass is 35.5. The summed E-state index contributed by atoms with van der Waals surface area (Å²) in [7, 11) is 0. The Morgan fingerprint density at radius 1 is 1.35 bits per heavy atom. The van der Waals surface area contributed by atoms with Crippen molar-refractivity contribution in [3.05, 3.63) is 29.3 Å². The fraction of sp³-hybridized carbons (Fsp3) is 0.273. The molecule has 1 rings (SSSR count). The summed E-state index contributed by atoms with van der Waals surface area (Å²) >= 11 is 5.81. The van der Waals surface area contributed by atoms with Gasteiger partial charge in [-0.15, -0.1) is 0 Å². The Hall–Kier alpha value is -1.75.